The minimum atomic E-state index is -0.129. The molecule has 2 amide bonds. The smallest absolute Gasteiger partial charge is 0.223 e. The number of nitrogens with one attached hydrogen (secondary N) is 2. The van der Waals surface area contributed by atoms with Crippen LogP contribution >= 0.6 is 0 Å². The Balaban J connectivity index is 1.91. The van der Waals surface area contributed by atoms with Crippen molar-refractivity contribution in [1.82, 2.24) is 25.4 Å². The van der Waals surface area contributed by atoms with E-state index in [1.807, 2.05) is 11.5 Å². The van der Waals surface area contributed by atoms with Crippen molar-refractivity contribution in [2.75, 3.05) is 6.61 Å². The molecule has 8 heteroatoms. The number of amides is 2. The Labute approximate surface area is 161 Å². The molecule has 0 saturated heterocycles. The predicted octanol–water partition coefficient (Wildman–Crippen LogP) is 1.79. The maximum Gasteiger partial charge on any atom is 0.223 e. The molecule has 0 bridgehead atoms. The van der Waals surface area contributed by atoms with Crippen LogP contribution in [0.25, 0.3) is 0 Å². The lowest BCUT2D eigenvalue weighted by atomic mass is 9.83. The molecule has 0 unspecified atom stereocenters. The topological polar surface area (TPSA) is 98.1 Å². The van der Waals surface area contributed by atoms with E-state index in [1.165, 1.54) is 0 Å². The van der Waals surface area contributed by atoms with Gasteiger partial charge in [0.2, 0.25) is 11.8 Å². The molecular formula is C19H33N5O3. The highest BCUT2D eigenvalue weighted by Crippen LogP contribution is 2.27. The van der Waals surface area contributed by atoms with Gasteiger partial charge in [-0.3, -0.25) is 9.59 Å². The maximum absolute atomic E-state index is 12.7. The summed E-state index contributed by atoms with van der Waals surface area (Å²) in [6.45, 7) is 7.87. The van der Waals surface area contributed by atoms with Crippen molar-refractivity contribution in [3.05, 3.63) is 12.2 Å². The summed E-state index contributed by atoms with van der Waals surface area (Å²) < 4.78 is 7.87. The number of ether oxygens (including phenoxy) is 1. The van der Waals surface area contributed by atoms with E-state index in [1.54, 1.807) is 6.33 Å². The van der Waals surface area contributed by atoms with E-state index in [4.69, 9.17) is 4.74 Å². The first kappa shape index (κ1) is 21.3. The first-order valence-corrected chi connectivity index (χ1v) is 10.1. The monoisotopic (exact) mass is 379 g/mol. The summed E-state index contributed by atoms with van der Waals surface area (Å²) in [4.78, 5) is 24.5. The highest BCUT2D eigenvalue weighted by atomic mass is 16.5. The Kier molecular flexibility index (Phi) is 8.71. The van der Waals surface area contributed by atoms with E-state index in [0.29, 0.717) is 26.0 Å². The average molecular weight is 380 g/mol. The van der Waals surface area contributed by atoms with Crippen LogP contribution in [0.5, 0.6) is 0 Å². The van der Waals surface area contributed by atoms with Gasteiger partial charge in [-0.05, 0) is 32.1 Å². The Morgan fingerprint density at radius 2 is 2.07 bits per heavy atom. The molecule has 1 fully saturated rings. The van der Waals surface area contributed by atoms with Gasteiger partial charge >= 0.3 is 0 Å². The second-order valence-electron chi connectivity index (χ2n) is 7.11. The third kappa shape index (κ3) is 6.30. The quantitative estimate of drug-likeness (QED) is 0.646. The molecule has 2 rings (SSSR count). The number of hydrogen-bond donors (Lipinski definition) is 2. The summed E-state index contributed by atoms with van der Waals surface area (Å²) in [6, 6.07) is -0.114. The highest BCUT2D eigenvalue weighted by Gasteiger charge is 2.35. The number of nitrogens with zero attached hydrogens (tertiary/aromatic N) is 3. The van der Waals surface area contributed by atoms with Crippen molar-refractivity contribution >= 4 is 11.8 Å². The summed E-state index contributed by atoms with van der Waals surface area (Å²) in [7, 11) is 0. The van der Waals surface area contributed by atoms with Crippen LogP contribution in [0.3, 0.4) is 0 Å². The van der Waals surface area contributed by atoms with E-state index in [0.717, 1.165) is 38.1 Å². The zero-order chi connectivity index (χ0) is 19.6. The molecule has 1 heterocycles. The molecule has 3 atom stereocenters. The number of aromatic nitrogens is 3. The molecular weight excluding hydrogens is 346 g/mol. The third-order valence-electron chi connectivity index (χ3n) is 4.94. The largest absolute Gasteiger partial charge is 0.376 e. The Morgan fingerprint density at radius 1 is 1.26 bits per heavy atom. The predicted molar refractivity (Wildman–Crippen MR) is 102 cm³/mol. The Morgan fingerprint density at radius 3 is 2.78 bits per heavy atom. The highest BCUT2D eigenvalue weighted by molar-refractivity contribution is 5.79. The molecule has 8 nitrogen and oxygen atoms in total. The summed E-state index contributed by atoms with van der Waals surface area (Å²) in [5.74, 6) is 0.641. The van der Waals surface area contributed by atoms with Crippen LogP contribution in [0.2, 0.25) is 0 Å². The fourth-order valence-corrected chi connectivity index (χ4v) is 3.46. The van der Waals surface area contributed by atoms with Crippen LogP contribution in [0.15, 0.2) is 6.33 Å². The van der Waals surface area contributed by atoms with Gasteiger partial charge in [0.1, 0.15) is 6.33 Å². The van der Waals surface area contributed by atoms with Crippen LogP contribution in [-0.2, 0) is 27.4 Å². The summed E-state index contributed by atoms with van der Waals surface area (Å²) in [6.07, 6.45) is 6.18. The molecule has 1 aliphatic rings. The molecule has 0 spiro atoms. The molecule has 1 saturated carbocycles. The van der Waals surface area contributed by atoms with Crippen LogP contribution in [0.4, 0.5) is 0 Å². The molecule has 152 valence electrons. The van der Waals surface area contributed by atoms with Gasteiger partial charge in [-0.1, -0.05) is 20.8 Å². The summed E-state index contributed by atoms with van der Waals surface area (Å²) >= 11 is 0. The van der Waals surface area contributed by atoms with Crippen LogP contribution in [0, 0.1) is 5.92 Å². The molecule has 1 aliphatic carbocycles. The second kappa shape index (κ2) is 11.0. The van der Waals surface area contributed by atoms with Crippen LogP contribution in [-0.4, -0.2) is 45.3 Å². The van der Waals surface area contributed by atoms with Gasteiger partial charge in [0.05, 0.1) is 18.7 Å². The van der Waals surface area contributed by atoms with Crippen molar-refractivity contribution in [1.29, 1.82) is 0 Å². The van der Waals surface area contributed by atoms with E-state index in [9.17, 15) is 9.59 Å². The lowest BCUT2D eigenvalue weighted by molar-refractivity contribution is -0.130. The SMILES string of the molecule is CCCO[C@@H]1CC[C@H](C(=O)NCc2nncn2CCC)C[C@H]1NC(=O)CC. The second-order valence-corrected chi connectivity index (χ2v) is 7.11. The van der Waals surface area contributed by atoms with Crippen molar-refractivity contribution in [2.45, 2.75) is 84.5 Å². The molecule has 2 N–H and O–H groups in total. The summed E-state index contributed by atoms with van der Waals surface area (Å²) in [5, 5.41) is 14.0. The van der Waals surface area contributed by atoms with E-state index >= 15 is 0 Å². The number of aryl methyl sites for hydroxylation is 1. The zero-order valence-corrected chi connectivity index (χ0v) is 16.7. The van der Waals surface area contributed by atoms with E-state index < -0.39 is 0 Å². The normalized spacial score (nSPS) is 22.4. The maximum atomic E-state index is 12.7. The van der Waals surface area contributed by atoms with Crippen molar-refractivity contribution in [3.63, 3.8) is 0 Å². The minimum Gasteiger partial charge on any atom is -0.376 e. The minimum absolute atomic E-state index is 0.00109. The molecule has 27 heavy (non-hydrogen) atoms. The number of hydrogen-bond acceptors (Lipinski definition) is 5. The standard InChI is InChI=1S/C19H33N5O3/c1-4-9-24-13-21-23-17(24)12-20-19(26)14-7-8-16(27-10-5-2)15(11-14)22-18(25)6-3/h13-16H,4-12H2,1-3H3,(H,20,26)(H,22,25)/t14-,15+,16+/m0/s1. The van der Waals surface area contributed by atoms with Crippen LogP contribution < -0.4 is 10.6 Å². The Bertz CT molecular complexity index is 604. The van der Waals surface area contributed by atoms with E-state index in [-0.39, 0.29) is 29.9 Å². The summed E-state index contributed by atoms with van der Waals surface area (Å²) in [5.41, 5.74) is 0. The number of carbonyl (C=O) groups excluding carboxylic acids is 2. The average Bonchev–Trinajstić information content (AvgIpc) is 3.12. The van der Waals surface area contributed by atoms with Gasteiger partial charge in [-0.15, -0.1) is 10.2 Å². The first-order chi connectivity index (χ1) is 13.1. The van der Waals surface area contributed by atoms with Gasteiger partial charge in [-0.2, -0.15) is 0 Å². The molecule has 0 aliphatic heterocycles. The van der Waals surface area contributed by atoms with Crippen molar-refractivity contribution in [3.8, 4) is 0 Å². The van der Waals surface area contributed by atoms with Gasteiger partial charge < -0.3 is 19.9 Å². The molecule has 0 radical (unpaired) electrons. The van der Waals surface area contributed by atoms with Crippen LogP contribution in [0.1, 0.15) is 65.1 Å². The lowest BCUT2D eigenvalue weighted by Gasteiger charge is -2.36. The molecule has 0 aromatic carbocycles. The number of rotatable bonds is 10. The van der Waals surface area contributed by atoms with Gasteiger partial charge in [0.15, 0.2) is 5.82 Å². The first-order valence-electron chi connectivity index (χ1n) is 10.1. The fourth-order valence-electron chi connectivity index (χ4n) is 3.46. The molecule has 1 aromatic rings. The Hall–Kier alpha value is -1.96. The van der Waals surface area contributed by atoms with Gasteiger partial charge in [0, 0.05) is 25.5 Å². The van der Waals surface area contributed by atoms with E-state index in [2.05, 4.69) is 34.7 Å². The lowest BCUT2D eigenvalue weighted by Crippen LogP contribution is -2.50. The van der Waals surface area contributed by atoms with Crippen molar-refractivity contribution in [2.24, 2.45) is 5.92 Å². The zero-order valence-electron chi connectivity index (χ0n) is 16.7. The van der Waals surface area contributed by atoms with Gasteiger partial charge in [0.25, 0.3) is 0 Å². The van der Waals surface area contributed by atoms with Crippen molar-refractivity contribution < 1.29 is 14.3 Å². The fraction of sp³-hybridized carbons (Fsp3) is 0.789. The van der Waals surface area contributed by atoms with Gasteiger partial charge in [-0.25, -0.2) is 0 Å². The third-order valence-corrected chi connectivity index (χ3v) is 4.94. The number of carbonyl (C=O) groups is 2. The molecule has 1 aromatic heterocycles.